The molecule has 1 aromatic rings. The molecule has 0 heterocycles. The SMILES string of the molecule is [CH2]C(C)c1ccc(C(C)C)c(OC)c1. The van der Waals surface area contributed by atoms with Gasteiger partial charge in [0.15, 0.2) is 0 Å². The second kappa shape index (κ2) is 4.50. The van der Waals surface area contributed by atoms with E-state index in [4.69, 9.17) is 4.74 Å². The molecule has 1 atom stereocenters. The summed E-state index contributed by atoms with van der Waals surface area (Å²) in [5.41, 5.74) is 2.49. The van der Waals surface area contributed by atoms with Crippen molar-refractivity contribution < 1.29 is 4.74 Å². The van der Waals surface area contributed by atoms with E-state index in [1.54, 1.807) is 7.11 Å². The van der Waals surface area contributed by atoms with Gasteiger partial charge in [-0.2, -0.15) is 0 Å². The molecule has 14 heavy (non-hydrogen) atoms. The van der Waals surface area contributed by atoms with E-state index in [0.717, 1.165) is 5.75 Å². The van der Waals surface area contributed by atoms with E-state index in [9.17, 15) is 0 Å². The van der Waals surface area contributed by atoms with Crippen molar-refractivity contribution in [1.82, 2.24) is 0 Å². The Labute approximate surface area is 87.1 Å². The molecule has 0 aliphatic rings. The van der Waals surface area contributed by atoms with Crippen molar-refractivity contribution in [3.63, 3.8) is 0 Å². The minimum Gasteiger partial charge on any atom is -0.496 e. The summed E-state index contributed by atoms with van der Waals surface area (Å²) in [6, 6.07) is 6.36. The Kier molecular flexibility index (Phi) is 3.56. The van der Waals surface area contributed by atoms with Crippen LogP contribution in [0.25, 0.3) is 0 Å². The zero-order chi connectivity index (χ0) is 10.7. The summed E-state index contributed by atoms with van der Waals surface area (Å²) in [5.74, 6) is 1.79. The minimum absolute atomic E-state index is 0.310. The molecule has 1 radical (unpaired) electrons. The van der Waals surface area contributed by atoms with Crippen LogP contribution in [0.1, 0.15) is 43.7 Å². The van der Waals surface area contributed by atoms with Gasteiger partial charge in [0.2, 0.25) is 0 Å². The van der Waals surface area contributed by atoms with E-state index in [1.807, 2.05) is 0 Å². The van der Waals surface area contributed by atoms with Gasteiger partial charge in [0.25, 0.3) is 0 Å². The highest BCUT2D eigenvalue weighted by Crippen LogP contribution is 2.29. The second-order valence-electron chi connectivity index (χ2n) is 4.06. The summed E-state index contributed by atoms with van der Waals surface area (Å²) in [6.07, 6.45) is 0. The summed E-state index contributed by atoms with van der Waals surface area (Å²) < 4.78 is 5.37. The monoisotopic (exact) mass is 191 g/mol. The number of rotatable bonds is 3. The smallest absolute Gasteiger partial charge is 0.122 e. The molecule has 1 aromatic carbocycles. The van der Waals surface area contributed by atoms with Crippen molar-refractivity contribution in [2.45, 2.75) is 32.6 Å². The van der Waals surface area contributed by atoms with Crippen LogP contribution >= 0.6 is 0 Å². The summed E-state index contributed by atoms with van der Waals surface area (Å²) >= 11 is 0. The molecule has 1 heteroatoms. The lowest BCUT2D eigenvalue weighted by Crippen LogP contribution is -1.97. The lowest BCUT2D eigenvalue weighted by molar-refractivity contribution is 0.407. The van der Waals surface area contributed by atoms with Crippen molar-refractivity contribution in [1.29, 1.82) is 0 Å². The van der Waals surface area contributed by atoms with E-state index in [-0.39, 0.29) is 0 Å². The summed E-state index contributed by atoms with van der Waals surface area (Å²) in [4.78, 5) is 0. The lowest BCUT2D eigenvalue weighted by atomic mass is 9.96. The molecule has 0 fully saturated rings. The Hall–Kier alpha value is -0.980. The highest BCUT2D eigenvalue weighted by Gasteiger charge is 2.09. The molecule has 1 nitrogen and oxygen atoms in total. The van der Waals surface area contributed by atoms with Crippen LogP contribution in [0.4, 0.5) is 0 Å². The Morgan fingerprint density at radius 2 is 1.86 bits per heavy atom. The largest absolute Gasteiger partial charge is 0.496 e. The molecule has 1 unspecified atom stereocenters. The minimum atomic E-state index is 0.310. The van der Waals surface area contributed by atoms with Crippen LogP contribution in [0.3, 0.4) is 0 Å². The molecule has 0 spiro atoms. The van der Waals surface area contributed by atoms with Crippen LogP contribution in [-0.2, 0) is 0 Å². The second-order valence-corrected chi connectivity index (χ2v) is 4.06. The fraction of sp³-hybridized carbons (Fsp3) is 0.462. The van der Waals surface area contributed by atoms with Crippen LogP contribution < -0.4 is 4.74 Å². The number of ether oxygens (including phenoxy) is 1. The van der Waals surface area contributed by atoms with Gasteiger partial charge >= 0.3 is 0 Å². The van der Waals surface area contributed by atoms with Crippen LogP contribution in [0.2, 0.25) is 0 Å². The van der Waals surface area contributed by atoms with E-state index in [0.29, 0.717) is 11.8 Å². The molecule has 0 bridgehead atoms. The summed E-state index contributed by atoms with van der Waals surface area (Å²) in [7, 11) is 1.72. The van der Waals surface area contributed by atoms with Crippen molar-refractivity contribution in [2.24, 2.45) is 0 Å². The maximum atomic E-state index is 5.37. The molecule has 0 saturated carbocycles. The zero-order valence-corrected chi connectivity index (χ0v) is 9.50. The Morgan fingerprint density at radius 3 is 2.29 bits per heavy atom. The predicted molar refractivity (Wildman–Crippen MR) is 60.9 cm³/mol. The average Bonchev–Trinajstić information content (AvgIpc) is 2.16. The highest BCUT2D eigenvalue weighted by molar-refractivity contribution is 5.40. The topological polar surface area (TPSA) is 9.23 Å². The Morgan fingerprint density at radius 1 is 1.21 bits per heavy atom. The predicted octanol–water partition coefficient (Wildman–Crippen LogP) is 3.76. The fourth-order valence-corrected chi connectivity index (χ4v) is 1.51. The first kappa shape index (κ1) is 11.1. The maximum Gasteiger partial charge on any atom is 0.122 e. The van der Waals surface area contributed by atoms with Gasteiger partial charge in [-0.15, -0.1) is 0 Å². The number of methoxy groups -OCH3 is 1. The first-order valence-corrected chi connectivity index (χ1v) is 5.07. The first-order valence-electron chi connectivity index (χ1n) is 5.07. The van der Waals surface area contributed by atoms with Gasteiger partial charge in [0.05, 0.1) is 7.11 Å². The molecule has 0 aliphatic heterocycles. The van der Waals surface area contributed by atoms with Gasteiger partial charge in [-0.1, -0.05) is 32.9 Å². The van der Waals surface area contributed by atoms with E-state index in [2.05, 4.69) is 45.9 Å². The third kappa shape index (κ3) is 2.28. The highest BCUT2D eigenvalue weighted by atomic mass is 16.5. The van der Waals surface area contributed by atoms with Crippen LogP contribution in [0, 0.1) is 6.92 Å². The molecule has 0 amide bonds. The van der Waals surface area contributed by atoms with Crippen LogP contribution in [0.5, 0.6) is 5.75 Å². The Bertz CT molecular complexity index is 300. The zero-order valence-electron chi connectivity index (χ0n) is 9.50. The van der Waals surface area contributed by atoms with Gasteiger partial charge in [-0.05, 0) is 36.0 Å². The molecule has 0 aliphatic carbocycles. The maximum absolute atomic E-state index is 5.37. The molecule has 0 saturated heterocycles. The number of hydrogen-bond acceptors (Lipinski definition) is 1. The van der Waals surface area contributed by atoms with Crippen molar-refractivity contribution in [3.8, 4) is 5.75 Å². The van der Waals surface area contributed by atoms with Crippen molar-refractivity contribution in [2.75, 3.05) is 7.11 Å². The molecule has 0 N–H and O–H groups in total. The van der Waals surface area contributed by atoms with Gasteiger partial charge in [0.1, 0.15) is 5.75 Å². The summed E-state index contributed by atoms with van der Waals surface area (Å²) in [6.45, 7) is 10.4. The fourth-order valence-electron chi connectivity index (χ4n) is 1.51. The molecular weight excluding hydrogens is 172 g/mol. The molecule has 77 valence electrons. The first-order chi connectivity index (χ1) is 6.56. The number of benzene rings is 1. The molecule has 1 rings (SSSR count). The van der Waals surface area contributed by atoms with Crippen molar-refractivity contribution >= 4 is 0 Å². The van der Waals surface area contributed by atoms with Gasteiger partial charge < -0.3 is 4.74 Å². The van der Waals surface area contributed by atoms with Crippen molar-refractivity contribution in [3.05, 3.63) is 36.2 Å². The molecule has 0 aromatic heterocycles. The van der Waals surface area contributed by atoms with E-state index < -0.39 is 0 Å². The third-order valence-electron chi connectivity index (χ3n) is 2.45. The average molecular weight is 191 g/mol. The third-order valence-corrected chi connectivity index (χ3v) is 2.45. The van der Waals surface area contributed by atoms with Crippen LogP contribution in [-0.4, -0.2) is 7.11 Å². The van der Waals surface area contributed by atoms with Gasteiger partial charge in [-0.3, -0.25) is 0 Å². The van der Waals surface area contributed by atoms with Crippen LogP contribution in [0.15, 0.2) is 18.2 Å². The molecular formula is C13H19O. The van der Waals surface area contributed by atoms with Gasteiger partial charge in [-0.25, -0.2) is 0 Å². The quantitative estimate of drug-likeness (QED) is 0.707. The standard InChI is InChI=1S/C13H19O/c1-9(2)11-6-7-12(10(3)4)13(8-11)14-5/h6-10H,1H2,2-5H3. The lowest BCUT2D eigenvalue weighted by Gasteiger charge is -2.14. The van der Waals surface area contributed by atoms with E-state index in [1.165, 1.54) is 11.1 Å². The van der Waals surface area contributed by atoms with E-state index >= 15 is 0 Å². The number of hydrogen-bond donors (Lipinski definition) is 0. The Balaban J connectivity index is 3.11. The van der Waals surface area contributed by atoms with Gasteiger partial charge in [0, 0.05) is 0 Å². The normalized spacial score (nSPS) is 11.1. The summed E-state index contributed by atoms with van der Waals surface area (Å²) in [5, 5.41) is 0.